The molecule has 354 valence electrons. The molecule has 16 nitrogen and oxygen atoms in total. The number of carboxylic acids is 1. The van der Waals surface area contributed by atoms with Crippen LogP contribution in [0.25, 0.3) is 0 Å². The lowest BCUT2D eigenvalue weighted by atomic mass is 9.81. The van der Waals surface area contributed by atoms with Gasteiger partial charge in [-0.2, -0.15) is 0 Å². The van der Waals surface area contributed by atoms with Crippen LogP contribution in [-0.2, 0) is 44.5 Å². The van der Waals surface area contributed by atoms with Crippen LogP contribution >= 0.6 is 11.9 Å². The Balaban J connectivity index is 0.00000694. The Morgan fingerprint density at radius 1 is 0.797 bits per heavy atom. The summed E-state index contributed by atoms with van der Waals surface area (Å²) in [6.07, 6.45) is 6.79. The van der Waals surface area contributed by atoms with Crippen LogP contribution < -0.4 is 20.1 Å². The molecular weight excluding hydrogens is 850 g/mol. The fourth-order valence-corrected chi connectivity index (χ4v) is 6.40. The third kappa shape index (κ3) is 24.1. The summed E-state index contributed by atoms with van der Waals surface area (Å²) in [4.78, 5) is 56.5. The lowest BCUT2D eigenvalue weighted by Gasteiger charge is -2.30. The molecule has 0 aliphatic rings. The number of aliphatic carboxylic acids is 1. The smallest absolute Gasteiger partial charge is 0.329 e. The van der Waals surface area contributed by atoms with Crippen molar-refractivity contribution in [3.05, 3.63) is 85.0 Å². The van der Waals surface area contributed by atoms with E-state index in [4.69, 9.17) is 33.5 Å². The maximum atomic E-state index is 14.7. The van der Waals surface area contributed by atoms with Crippen molar-refractivity contribution in [2.45, 2.75) is 84.1 Å². The zero-order chi connectivity index (χ0) is 47.4. The first-order chi connectivity index (χ1) is 30.5. The monoisotopic (exact) mass is 915 g/mol. The molecule has 0 aliphatic heterocycles. The molecule has 64 heavy (non-hydrogen) atoms. The van der Waals surface area contributed by atoms with E-state index in [1.54, 1.807) is 12.1 Å². The van der Waals surface area contributed by atoms with E-state index in [1.165, 1.54) is 30.4 Å². The quantitative estimate of drug-likeness (QED) is 0.0222. The second-order valence-corrected chi connectivity index (χ2v) is 17.0. The molecule has 0 fully saturated rings. The van der Waals surface area contributed by atoms with Gasteiger partial charge in [0.2, 0.25) is 11.9 Å². The summed E-state index contributed by atoms with van der Waals surface area (Å²) in [5.41, 5.74) is -0.216. The third-order valence-electron chi connectivity index (χ3n) is 8.76. The van der Waals surface area contributed by atoms with Crippen molar-refractivity contribution in [2.75, 3.05) is 70.7 Å². The summed E-state index contributed by atoms with van der Waals surface area (Å²) in [7, 11) is 0. The van der Waals surface area contributed by atoms with Crippen LogP contribution in [0.3, 0.4) is 0 Å². The number of carbonyl (C=O) groups is 4. The zero-order valence-electron chi connectivity index (χ0n) is 38.0. The number of amides is 2. The summed E-state index contributed by atoms with van der Waals surface area (Å²) >= 11 is 1.29. The number of rotatable bonds is 30. The Morgan fingerprint density at radius 2 is 1.39 bits per heavy atom. The Kier molecular flexibility index (Phi) is 25.8. The number of hydrogen-bond acceptors (Lipinski definition) is 14. The van der Waals surface area contributed by atoms with Gasteiger partial charge in [-0.1, -0.05) is 19.8 Å². The number of benzene rings is 2. The summed E-state index contributed by atoms with van der Waals surface area (Å²) in [5, 5.41) is 13.8. The highest BCUT2D eigenvalue weighted by Gasteiger charge is 2.33. The number of hydrogen-bond donors (Lipinski definition) is 4. The molecule has 3 rings (SSSR count). The number of aryl methyl sites for hydroxylation is 1. The summed E-state index contributed by atoms with van der Waals surface area (Å²) in [6, 6.07) is 12.1. The number of anilines is 1. The van der Waals surface area contributed by atoms with Crippen LogP contribution in [0.15, 0.2) is 72.9 Å². The molecule has 18 heteroatoms. The van der Waals surface area contributed by atoms with Crippen molar-refractivity contribution < 1.29 is 57.1 Å². The first kappa shape index (κ1) is 55.0. The fourth-order valence-electron chi connectivity index (χ4n) is 5.82. The third-order valence-corrected chi connectivity index (χ3v) is 9.55. The fraction of sp³-hybridized carbons (Fsp3) is 0.522. The zero-order valence-corrected chi connectivity index (χ0v) is 38.8. The number of halogens is 1. The van der Waals surface area contributed by atoms with Crippen LogP contribution in [0.4, 0.5) is 10.3 Å². The molecule has 1 atom stereocenters. The van der Waals surface area contributed by atoms with Crippen molar-refractivity contribution in [1.82, 2.24) is 20.6 Å². The summed E-state index contributed by atoms with van der Waals surface area (Å²) in [5.74, 6) is -0.394. The molecule has 3 aromatic rings. The second kappa shape index (κ2) is 30.1. The number of aromatic nitrogens is 2. The predicted octanol–water partition coefficient (Wildman–Crippen LogP) is 7.43. The SMILES string of the molecule is C=C.CC(CCCCc1cc(Oc2ccc(SNc3ncc(C(=O)NCCOCCOCC(=O)NCCOCCOCC(=O)O)cn3)cc2)ccc1F)CC(C)(C)C(=O)OC(C)(C)C. The van der Waals surface area contributed by atoms with Gasteiger partial charge in [-0.05, 0) is 120 Å². The molecule has 2 amide bonds. The van der Waals surface area contributed by atoms with Gasteiger partial charge in [0.15, 0.2) is 0 Å². The van der Waals surface area contributed by atoms with Crippen molar-refractivity contribution in [1.29, 1.82) is 0 Å². The largest absolute Gasteiger partial charge is 0.480 e. The van der Waals surface area contributed by atoms with E-state index in [9.17, 15) is 23.6 Å². The molecule has 1 unspecified atom stereocenters. The number of ether oxygens (including phenoxy) is 6. The van der Waals surface area contributed by atoms with Crippen LogP contribution in [0, 0.1) is 17.2 Å². The van der Waals surface area contributed by atoms with Gasteiger partial charge in [0, 0.05) is 30.4 Å². The van der Waals surface area contributed by atoms with Gasteiger partial charge >= 0.3 is 11.9 Å². The summed E-state index contributed by atoms with van der Waals surface area (Å²) in [6.45, 7) is 18.9. The molecule has 0 radical (unpaired) electrons. The number of carboxylic acid groups (broad SMARTS) is 1. The van der Waals surface area contributed by atoms with Gasteiger partial charge in [-0.3, -0.25) is 19.1 Å². The van der Waals surface area contributed by atoms with Crippen molar-refractivity contribution in [3.8, 4) is 11.5 Å². The van der Waals surface area contributed by atoms with Crippen LogP contribution in [0.1, 0.15) is 83.1 Å². The lowest BCUT2D eigenvalue weighted by molar-refractivity contribution is -0.166. The van der Waals surface area contributed by atoms with Crippen LogP contribution in [0.2, 0.25) is 0 Å². The minimum Gasteiger partial charge on any atom is -0.480 e. The minimum absolute atomic E-state index is 0.143. The Hall–Kier alpha value is -5.14. The highest BCUT2D eigenvalue weighted by atomic mass is 32.2. The Labute approximate surface area is 380 Å². The van der Waals surface area contributed by atoms with Crippen molar-refractivity contribution >= 4 is 41.6 Å². The number of esters is 1. The number of unbranched alkanes of at least 4 members (excludes halogenated alkanes) is 1. The van der Waals surface area contributed by atoms with E-state index in [0.29, 0.717) is 35.3 Å². The minimum atomic E-state index is -1.05. The first-order valence-electron chi connectivity index (χ1n) is 21.1. The standard InChI is InChI=1S/C44H62FN5O11S.C2H4/c1-31(26-44(5,6)41(55)61-43(2,3)4)9-7-8-10-32-25-35(13-16-37(32)45)60-34-11-14-36(15-12-34)62-50-42-48-27-33(28-49-42)40(54)47-18-20-57-21-23-58-29-38(51)46-17-19-56-22-24-59-30-39(52)53;1-2/h11-16,25,27-28,31H,7-10,17-24,26,29-30H2,1-6H3,(H,46,51)(H,47,54)(H,52,53)(H,48,49,50);1-2H2. The van der Waals surface area contributed by atoms with E-state index < -0.39 is 17.0 Å². The molecule has 1 aromatic heterocycles. The van der Waals surface area contributed by atoms with E-state index in [2.05, 4.69) is 45.4 Å². The molecule has 0 bridgehead atoms. The highest BCUT2D eigenvalue weighted by Crippen LogP contribution is 2.32. The van der Waals surface area contributed by atoms with Gasteiger partial charge < -0.3 is 44.2 Å². The Morgan fingerprint density at radius 3 is 2.02 bits per heavy atom. The second-order valence-electron chi connectivity index (χ2n) is 16.1. The van der Waals surface area contributed by atoms with Gasteiger partial charge in [0.25, 0.3) is 5.91 Å². The number of nitrogens with zero attached hydrogens (tertiary/aromatic N) is 2. The van der Waals surface area contributed by atoms with Gasteiger partial charge in [-0.15, -0.1) is 13.2 Å². The number of nitrogens with one attached hydrogen (secondary N) is 3. The molecular formula is C46H66FN5O11S. The van der Waals surface area contributed by atoms with Gasteiger partial charge in [-0.25, -0.2) is 19.2 Å². The molecule has 1 heterocycles. The maximum absolute atomic E-state index is 14.7. The highest BCUT2D eigenvalue weighted by molar-refractivity contribution is 8.00. The lowest BCUT2D eigenvalue weighted by Crippen LogP contribution is -2.34. The van der Waals surface area contributed by atoms with Crippen molar-refractivity contribution in [3.63, 3.8) is 0 Å². The van der Waals surface area contributed by atoms with Crippen LogP contribution in [0.5, 0.6) is 11.5 Å². The average molecular weight is 916 g/mol. The van der Waals surface area contributed by atoms with Gasteiger partial charge in [0.05, 0.1) is 50.6 Å². The molecule has 2 aromatic carbocycles. The topological polar surface area (TPSA) is 206 Å². The maximum Gasteiger partial charge on any atom is 0.329 e. The molecule has 0 aliphatic carbocycles. The molecule has 0 spiro atoms. The first-order valence-corrected chi connectivity index (χ1v) is 21.9. The van der Waals surface area contributed by atoms with Crippen LogP contribution in [-0.4, -0.2) is 110 Å². The molecule has 0 saturated carbocycles. The normalized spacial score (nSPS) is 11.7. The molecule has 4 N–H and O–H groups in total. The van der Waals surface area contributed by atoms with E-state index in [-0.39, 0.29) is 95.1 Å². The van der Waals surface area contributed by atoms with Gasteiger partial charge in [0.1, 0.15) is 36.1 Å². The van der Waals surface area contributed by atoms with E-state index in [1.807, 2.05) is 58.9 Å². The predicted molar refractivity (Wildman–Crippen MR) is 243 cm³/mol. The average Bonchev–Trinajstić information content (AvgIpc) is 3.25. The number of carbonyl (C=O) groups excluding carboxylic acids is 3. The van der Waals surface area contributed by atoms with Crippen molar-refractivity contribution in [2.24, 2.45) is 11.3 Å². The van der Waals surface area contributed by atoms with E-state index >= 15 is 0 Å². The van der Waals surface area contributed by atoms with E-state index in [0.717, 1.165) is 30.6 Å². The molecule has 0 saturated heterocycles. The Bertz CT molecular complexity index is 1850. The summed E-state index contributed by atoms with van der Waals surface area (Å²) < 4.78 is 50.1.